The van der Waals surface area contributed by atoms with E-state index >= 15 is 0 Å². The Labute approximate surface area is 243 Å². The van der Waals surface area contributed by atoms with E-state index in [0.717, 1.165) is 42.4 Å². The lowest BCUT2D eigenvalue weighted by atomic mass is 9.80. The minimum Gasteiger partial charge on any atom is -0.504 e. The van der Waals surface area contributed by atoms with E-state index in [2.05, 4.69) is 6.92 Å². The van der Waals surface area contributed by atoms with E-state index in [1.165, 1.54) is 25.3 Å². The number of aliphatic hydroxyl groups is 2. The van der Waals surface area contributed by atoms with Gasteiger partial charge in [-0.25, -0.2) is 0 Å². The Morgan fingerprint density at radius 2 is 1.56 bits per heavy atom. The van der Waals surface area contributed by atoms with Gasteiger partial charge in [-0.2, -0.15) is 0 Å². The average molecular weight is 565 g/mol. The molecule has 0 aromatic heterocycles. The van der Waals surface area contributed by atoms with E-state index in [1.54, 1.807) is 12.1 Å². The Morgan fingerprint density at radius 3 is 2.22 bits per heavy atom. The first-order valence-corrected chi connectivity index (χ1v) is 14.5. The monoisotopic (exact) mass is 564 g/mol. The van der Waals surface area contributed by atoms with Crippen LogP contribution in [0.25, 0.3) is 0 Å². The van der Waals surface area contributed by atoms with Crippen molar-refractivity contribution in [2.24, 2.45) is 5.92 Å². The number of carbonyl (C=O) groups is 1. The normalized spacial score (nSPS) is 13.5. The number of ether oxygens (including phenoxy) is 1. The summed E-state index contributed by atoms with van der Waals surface area (Å²) in [5.41, 5.74) is 3.21. The molecule has 222 valence electrons. The Balaban J connectivity index is 1.85. The quantitative estimate of drug-likeness (QED) is 0.0980. The summed E-state index contributed by atoms with van der Waals surface area (Å²) in [5, 5.41) is 51.1. The highest BCUT2D eigenvalue weighted by Gasteiger charge is 2.30. The van der Waals surface area contributed by atoms with Gasteiger partial charge in [0.1, 0.15) is 5.78 Å². The van der Waals surface area contributed by atoms with Gasteiger partial charge in [-0.3, -0.25) is 4.79 Å². The molecule has 3 aromatic rings. The fourth-order valence-corrected chi connectivity index (χ4v) is 5.48. The molecule has 0 aliphatic carbocycles. The van der Waals surface area contributed by atoms with Gasteiger partial charge < -0.3 is 30.3 Å². The molecule has 0 saturated carbocycles. The minimum absolute atomic E-state index is 0.0313. The highest BCUT2D eigenvalue weighted by atomic mass is 16.5. The standard InChI is InChI=1S/C34H44O7/c1-3-4-6-11-27(29(36)16-13-24-14-17-30(37)32(39)18-24)31(38)19-25(15-12-23-9-7-5-8-10-23)28-21-34(41-2)33(40)20-26(28)22-35/h5,7-10,14,17-18,20-21,25,27,29,35-37,39-40H,3-4,6,11-13,15-16,19,22H2,1-2H3/t25-,27-,29+/m0/s1. The van der Waals surface area contributed by atoms with Gasteiger partial charge in [0.05, 0.1) is 19.8 Å². The van der Waals surface area contributed by atoms with Gasteiger partial charge >= 0.3 is 0 Å². The molecule has 0 fully saturated rings. The Morgan fingerprint density at radius 1 is 0.829 bits per heavy atom. The number of phenolic OH excluding ortho intramolecular Hbond substituents is 3. The zero-order chi connectivity index (χ0) is 29.8. The van der Waals surface area contributed by atoms with Gasteiger partial charge in [-0.15, -0.1) is 0 Å². The maximum absolute atomic E-state index is 13.9. The zero-order valence-electron chi connectivity index (χ0n) is 24.1. The molecule has 0 heterocycles. The van der Waals surface area contributed by atoms with E-state index < -0.39 is 12.0 Å². The molecule has 5 N–H and O–H groups in total. The fourth-order valence-electron chi connectivity index (χ4n) is 5.48. The Bertz CT molecular complexity index is 1240. The molecule has 0 bridgehead atoms. The molecule has 0 aliphatic heterocycles. The number of Topliss-reactive ketones (excluding diaryl/α,β-unsaturated/α-hetero) is 1. The van der Waals surface area contributed by atoms with Crippen molar-refractivity contribution in [2.75, 3.05) is 7.11 Å². The number of ketones is 1. The Hall–Kier alpha value is -3.55. The van der Waals surface area contributed by atoms with E-state index in [4.69, 9.17) is 4.74 Å². The molecular weight excluding hydrogens is 520 g/mol. The van der Waals surface area contributed by atoms with Crippen molar-refractivity contribution in [1.29, 1.82) is 0 Å². The molecule has 0 radical (unpaired) electrons. The number of unbranched alkanes of at least 4 members (excludes halogenated alkanes) is 2. The molecule has 7 heteroatoms. The number of hydrogen-bond donors (Lipinski definition) is 5. The van der Waals surface area contributed by atoms with Crippen LogP contribution in [-0.4, -0.2) is 44.5 Å². The first-order valence-electron chi connectivity index (χ1n) is 14.5. The smallest absolute Gasteiger partial charge is 0.160 e. The molecule has 3 atom stereocenters. The Kier molecular flexibility index (Phi) is 12.5. The molecule has 0 amide bonds. The summed E-state index contributed by atoms with van der Waals surface area (Å²) >= 11 is 0. The molecule has 0 saturated heterocycles. The van der Waals surface area contributed by atoms with Crippen molar-refractivity contribution >= 4 is 5.78 Å². The summed E-state index contributed by atoms with van der Waals surface area (Å²) in [5.74, 6) is -1.03. The summed E-state index contributed by atoms with van der Waals surface area (Å²) < 4.78 is 5.35. The number of aryl methyl sites for hydroxylation is 2. The van der Waals surface area contributed by atoms with Crippen molar-refractivity contribution in [3.63, 3.8) is 0 Å². The molecule has 0 unspecified atom stereocenters. The van der Waals surface area contributed by atoms with Crippen LogP contribution in [0.4, 0.5) is 0 Å². The lowest BCUT2D eigenvalue weighted by Gasteiger charge is -2.26. The second-order valence-corrected chi connectivity index (χ2v) is 10.8. The lowest BCUT2D eigenvalue weighted by molar-refractivity contribution is -0.127. The van der Waals surface area contributed by atoms with Crippen LogP contribution in [-0.2, 0) is 24.2 Å². The van der Waals surface area contributed by atoms with E-state index in [0.29, 0.717) is 31.2 Å². The maximum Gasteiger partial charge on any atom is 0.160 e. The third-order valence-corrected chi connectivity index (χ3v) is 7.89. The average Bonchev–Trinajstić information content (AvgIpc) is 2.98. The van der Waals surface area contributed by atoms with E-state index in [1.807, 2.05) is 30.3 Å². The summed E-state index contributed by atoms with van der Waals surface area (Å²) in [6, 6.07) is 17.8. The number of hydrogen-bond acceptors (Lipinski definition) is 7. The molecular formula is C34H44O7. The summed E-state index contributed by atoms with van der Waals surface area (Å²) in [4.78, 5) is 13.9. The first-order chi connectivity index (χ1) is 19.8. The van der Waals surface area contributed by atoms with Gasteiger partial charge in [0.15, 0.2) is 23.0 Å². The maximum atomic E-state index is 13.9. The first kappa shape index (κ1) is 32.0. The van der Waals surface area contributed by atoms with Gasteiger partial charge in [-0.05, 0) is 84.5 Å². The van der Waals surface area contributed by atoms with Gasteiger partial charge in [-0.1, -0.05) is 62.6 Å². The van der Waals surface area contributed by atoms with Crippen LogP contribution in [0.3, 0.4) is 0 Å². The summed E-state index contributed by atoms with van der Waals surface area (Å²) in [6.07, 6.45) is 4.84. The highest BCUT2D eigenvalue weighted by molar-refractivity contribution is 5.82. The van der Waals surface area contributed by atoms with Crippen molar-refractivity contribution in [1.82, 2.24) is 0 Å². The number of aliphatic hydroxyl groups excluding tert-OH is 2. The molecule has 7 nitrogen and oxygen atoms in total. The third kappa shape index (κ3) is 9.23. The van der Waals surface area contributed by atoms with Crippen molar-refractivity contribution in [3.8, 4) is 23.0 Å². The van der Waals surface area contributed by atoms with Crippen LogP contribution in [0.15, 0.2) is 60.7 Å². The number of phenols is 3. The van der Waals surface area contributed by atoms with Crippen LogP contribution in [0.5, 0.6) is 23.0 Å². The number of rotatable bonds is 17. The topological polar surface area (TPSA) is 127 Å². The number of benzene rings is 3. The van der Waals surface area contributed by atoms with Crippen LogP contribution in [0, 0.1) is 5.92 Å². The lowest BCUT2D eigenvalue weighted by Crippen LogP contribution is -2.30. The molecule has 3 rings (SSSR count). The summed E-state index contributed by atoms with van der Waals surface area (Å²) in [6.45, 7) is 1.81. The van der Waals surface area contributed by atoms with E-state index in [9.17, 15) is 30.3 Å². The molecule has 41 heavy (non-hydrogen) atoms. The van der Waals surface area contributed by atoms with Gasteiger partial charge in [0.2, 0.25) is 0 Å². The van der Waals surface area contributed by atoms with Crippen LogP contribution >= 0.6 is 0 Å². The predicted molar refractivity (Wildman–Crippen MR) is 159 cm³/mol. The van der Waals surface area contributed by atoms with Crippen LogP contribution in [0.1, 0.15) is 80.0 Å². The number of aromatic hydroxyl groups is 3. The zero-order valence-corrected chi connectivity index (χ0v) is 24.1. The number of methoxy groups -OCH3 is 1. The van der Waals surface area contributed by atoms with Crippen molar-refractivity contribution < 1.29 is 35.1 Å². The fraction of sp³-hybridized carbons (Fsp3) is 0.441. The minimum atomic E-state index is -0.864. The van der Waals surface area contributed by atoms with Crippen molar-refractivity contribution in [3.05, 3.63) is 82.9 Å². The van der Waals surface area contributed by atoms with Gasteiger partial charge in [0.25, 0.3) is 0 Å². The predicted octanol–water partition coefficient (Wildman–Crippen LogP) is 6.17. The van der Waals surface area contributed by atoms with E-state index in [-0.39, 0.29) is 47.7 Å². The van der Waals surface area contributed by atoms with Crippen LogP contribution in [0.2, 0.25) is 0 Å². The molecule has 3 aromatic carbocycles. The largest absolute Gasteiger partial charge is 0.504 e. The van der Waals surface area contributed by atoms with Crippen LogP contribution < -0.4 is 4.74 Å². The third-order valence-electron chi connectivity index (χ3n) is 7.89. The highest BCUT2D eigenvalue weighted by Crippen LogP contribution is 2.38. The summed E-state index contributed by atoms with van der Waals surface area (Å²) in [7, 11) is 1.47. The second-order valence-electron chi connectivity index (χ2n) is 10.8. The van der Waals surface area contributed by atoms with Gasteiger partial charge in [0, 0.05) is 12.3 Å². The number of carbonyl (C=O) groups excluding carboxylic acids is 1. The SMILES string of the molecule is CCCCC[C@H](C(=O)C[C@H](CCc1ccccc1)c1cc(OC)c(O)cc1CO)[C@H](O)CCc1ccc(O)c(O)c1. The molecule has 0 spiro atoms. The molecule has 0 aliphatic rings. The second kappa shape index (κ2) is 16.0. The van der Waals surface area contributed by atoms with Crippen molar-refractivity contribution in [2.45, 2.75) is 83.3 Å².